The highest BCUT2D eigenvalue weighted by Crippen LogP contribution is 2.27. The molecule has 0 heterocycles. The highest BCUT2D eigenvalue weighted by Gasteiger charge is 2.02. The largest absolute Gasteiger partial charge is 0.397 e. The van der Waals surface area contributed by atoms with Gasteiger partial charge < -0.3 is 11.1 Å². The van der Waals surface area contributed by atoms with Gasteiger partial charge in [0.2, 0.25) is 0 Å². The average Bonchev–Trinajstić information content (AvgIpc) is 2.26. The molecule has 0 saturated carbocycles. The predicted molar refractivity (Wildman–Crippen MR) is 76.6 cm³/mol. The molecule has 0 aliphatic heterocycles. The second-order valence-corrected chi connectivity index (χ2v) is 5.08. The summed E-state index contributed by atoms with van der Waals surface area (Å²) in [5.74, 6) is 1.24. The van der Waals surface area contributed by atoms with Gasteiger partial charge in [0.25, 0.3) is 0 Å². The SMILES string of the molecule is CSCCCCCNc1c(N)cccc1Cl. The van der Waals surface area contributed by atoms with Crippen molar-refractivity contribution in [2.24, 2.45) is 0 Å². The Kier molecular flexibility index (Phi) is 6.50. The number of rotatable bonds is 7. The van der Waals surface area contributed by atoms with E-state index in [1.165, 1.54) is 18.6 Å². The van der Waals surface area contributed by atoms with Gasteiger partial charge in [0.1, 0.15) is 0 Å². The van der Waals surface area contributed by atoms with Crippen LogP contribution in [0.5, 0.6) is 0 Å². The molecule has 90 valence electrons. The van der Waals surface area contributed by atoms with Crippen molar-refractivity contribution in [1.29, 1.82) is 0 Å². The third-order valence-corrected chi connectivity index (χ3v) is 3.38. The lowest BCUT2D eigenvalue weighted by Gasteiger charge is -2.10. The number of nitrogens with two attached hydrogens (primary N) is 1. The molecule has 0 spiro atoms. The van der Waals surface area contributed by atoms with Gasteiger partial charge in [-0.1, -0.05) is 24.1 Å². The molecule has 0 saturated heterocycles. The lowest BCUT2D eigenvalue weighted by Crippen LogP contribution is -2.04. The first-order valence-electron chi connectivity index (χ1n) is 5.52. The van der Waals surface area contributed by atoms with E-state index in [0.717, 1.165) is 24.3 Å². The summed E-state index contributed by atoms with van der Waals surface area (Å²) in [7, 11) is 0. The minimum atomic E-state index is 0.698. The molecule has 16 heavy (non-hydrogen) atoms. The Morgan fingerprint density at radius 1 is 1.31 bits per heavy atom. The molecule has 0 aliphatic carbocycles. The van der Waals surface area contributed by atoms with Crippen molar-refractivity contribution in [2.75, 3.05) is 29.6 Å². The normalized spacial score (nSPS) is 10.4. The zero-order chi connectivity index (χ0) is 11.8. The monoisotopic (exact) mass is 258 g/mol. The first-order valence-corrected chi connectivity index (χ1v) is 7.29. The van der Waals surface area contributed by atoms with Crippen molar-refractivity contribution < 1.29 is 0 Å². The minimum Gasteiger partial charge on any atom is -0.397 e. The molecular weight excluding hydrogens is 240 g/mol. The summed E-state index contributed by atoms with van der Waals surface area (Å²) in [6.45, 7) is 0.933. The highest BCUT2D eigenvalue weighted by atomic mass is 35.5. The summed E-state index contributed by atoms with van der Waals surface area (Å²) in [5, 5.41) is 3.99. The first-order chi connectivity index (χ1) is 7.75. The fraction of sp³-hybridized carbons (Fsp3) is 0.500. The zero-order valence-electron chi connectivity index (χ0n) is 9.63. The number of anilines is 2. The van der Waals surface area contributed by atoms with Gasteiger partial charge >= 0.3 is 0 Å². The number of hydrogen-bond acceptors (Lipinski definition) is 3. The van der Waals surface area contributed by atoms with E-state index in [-0.39, 0.29) is 0 Å². The van der Waals surface area contributed by atoms with Crippen LogP contribution in [-0.2, 0) is 0 Å². The third kappa shape index (κ3) is 4.54. The number of nitrogens with one attached hydrogen (secondary N) is 1. The number of unbranched alkanes of at least 4 members (excludes halogenated alkanes) is 2. The molecule has 0 aromatic heterocycles. The van der Waals surface area contributed by atoms with Crippen LogP contribution in [0.4, 0.5) is 11.4 Å². The molecule has 3 N–H and O–H groups in total. The first kappa shape index (κ1) is 13.5. The van der Waals surface area contributed by atoms with Gasteiger partial charge in [-0.15, -0.1) is 0 Å². The molecule has 1 aromatic rings. The average molecular weight is 259 g/mol. The molecule has 2 nitrogen and oxygen atoms in total. The maximum Gasteiger partial charge on any atom is 0.0763 e. The summed E-state index contributed by atoms with van der Waals surface area (Å²) in [5.41, 5.74) is 7.42. The lowest BCUT2D eigenvalue weighted by molar-refractivity contribution is 0.750. The summed E-state index contributed by atoms with van der Waals surface area (Å²) in [6, 6.07) is 5.58. The molecule has 4 heteroatoms. The van der Waals surface area contributed by atoms with E-state index in [1.807, 2.05) is 30.0 Å². The zero-order valence-corrected chi connectivity index (χ0v) is 11.2. The molecule has 0 amide bonds. The van der Waals surface area contributed by atoms with E-state index in [4.69, 9.17) is 17.3 Å². The van der Waals surface area contributed by atoms with E-state index >= 15 is 0 Å². The van der Waals surface area contributed by atoms with Crippen LogP contribution in [0.1, 0.15) is 19.3 Å². The Hall–Kier alpha value is -0.540. The van der Waals surface area contributed by atoms with Gasteiger partial charge in [0.15, 0.2) is 0 Å². The van der Waals surface area contributed by atoms with Gasteiger partial charge in [0, 0.05) is 6.54 Å². The van der Waals surface area contributed by atoms with Crippen molar-refractivity contribution in [1.82, 2.24) is 0 Å². The van der Waals surface area contributed by atoms with Gasteiger partial charge in [0.05, 0.1) is 16.4 Å². The van der Waals surface area contributed by atoms with Gasteiger partial charge in [-0.2, -0.15) is 11.8 Å². The molecular formula is C12H19ClN2S. The van der Waals surface area contributed by atoms with Crippen molar-refractivity contribution in [3.8, 4) is 0 Å². The van der Waals surface area contributed by atoms with Gasteiger partial charge in [-0.05, 0) is 37.0 Å². The van der Waals surface area contributed by atoms with Gasteiger partial charge in [-0.3, -0.25) is 0 Å². The summed E-state index contributed by atoms with van der Waals surface area (Å²) < 4.78 is 0. The predicted octanol–water partition coefficient (Wildman–Crippen LogP) is 3.87. The van der Waals surface area contributed by atoms with E-state index in [2.05, 4.69) is 11.6 Å². The van der Waals surface area contributed by atoms with Crippen molar-refractivity contribution in [2.45, 2.75) is 19.3 Å². The van der Waals surface area contributed by atoms with Crippen molar-refractivity contribution in [3.05, 3.63) is 23.2 Å². The van der Waals surface area contributed by atoms with Crippen LogP contribution in [0.15, 0.2) is 18.2 Å². The van der Waals surface area contributed by atoms with Crippen LogP contribution in [-0.4, -0.2) is 18.6 Å². The molecule has 0 fully saturated rings. The number of halogens is 1. The molecule has 1 rings (SSSR count). The standard InChI is InChI=1S/C12H19ClN2S/c1-16-9-4-2-3-8-15-12-10(13)6-5-7-11(12)14/h5-7,15H,2-4,8-9,14H2,1H3. The molecule has 0 unspecified atom stereocenters. The van der Waals surface area contributed by atoms with E-state index in [1.54, 1.807) is 0 Å². The van der Waals surface area contributed by atoms with Crippen LogP contribution < -0.4 is 11.1 Å². The Morgan fingerprint density at radius 2 is 2.12 bits per heavy atom. The molecule has 0 bridgehead atoms. The highest BCUT2D eigenvalue weighted by molar-refractivity contribution is 7.98. The minimum absolute atomic E-state index is 0.698. The summed E-state index contributed by atoms with van der Waals surface area (Å²) in [4.78, 5) is 0. The second kappa shape index (κ2) is 7.69. The number of hydrogen-bond donors (Lipinski definition) is 2. The van der Waals surface area contributed by atoms with Crippen LogP contribution >= 0.6 is 23.4 Å². The Morgan fingerprint density at radius 3 is 2.81 bits per heavy atom. The fourth-order valence-electron chi connectivity index (χ4n) is 1.49. The number of benzene rings is 1. The summed E-state index contributed by atoms with van der Waals surface area (Å²) in [6.07, 6.45) is 5.83. The van der Waals surface area contributed by atoms with Crippen LogP contribution in [0.2, 0.25) is 5.02 Å². The molecule has 0 aliphatic rings. The third-order valence-electron chi connectivity index (χ3n) is 2.37. The van der Waals surface area contributed by atoms with E-state index in [0.29, 0.717) is 5.02 Å². The quantitative estimate of drug-likeness (QED) is 0.576. The maximum absolute atomic E-state index is 6.05. The topological polar surface area (TPSA) is 38.0 Å². The Labute approximate surface area is 107 Å². The van der Waals surface area contributed by atoms with E-state index in [9.17, 15) is 0 Å². The number of thioether (sulfide) groups is 1. The fourth-order valence-corrected chi connectivity index (χ4v) is 2.23. The smallest absolute Gasteiger partial charge is 0.0763 e. The molecule has 0 radical (unpaired) electrons. The second-order valence-electron chi connectivity index (χ2n) is 3.68. The Balaban J connectivity index is 2.26. The van der Waals surface area contributed by atoms with Crippen LogP contribution in [0, 0.1) is 0 Å². The lowest BCUT2D eigenvalue weighted by atomic mass is 10.2. The maximum atomic E-state index is 6.05. The van der Waals surface area contributed by atoms with Crippen LogP contribution in [0.3, 0.4) is 0 Å². The number of nitrogen functional groups attached to an aromatic ring is 1. The Bertz CT molecular complexity index is 298. The van der Waals surface area contributed by atoms with Crippen molar-refractivity contribution in [3.63, 3.8) is 0 Å². The van der Waals surface area contributed by atoms with Crippen molar-refractivity contribution >= 4 is 34.7 Å². The number of para-hydroxylation sites is 1. The van der Waals surface area contributed by atoms with E-state index < -0.39 is 0 Å². The molecule has 0 atom stereocenters. The van der Waals surface area contributed by atoms with Crippen LogP contribution in [0.25, 0.3) is 0 Å². The molecule has 1 aromatic carbocycles. The van der Waals surface area contributed by atoms with Gasteiger partial charge in [-0.25, -0.2) is 0 Å². The summed E-state index contributed by atoms with van der Waals surface area (Å²) >= 11 is 7.95.